The molecular weight excluding hydrogens is 430 g/mol. The lowest BCUT2D eigenvalue weighted by Gasteiger charge is -2.25. The van der Waals surface area contributed by atoms with Gasteiger partial charge in [-0.15, -0.1) is 0 Å². The zero-order valence-corrected chi connectivity index (χ0v) is 18.0. The molecule has 1 heterocycles. The molecule has 0 saturated carbocycles. The maximum Gasteiger partial charge on any atom is 0.316 e. The van der Waals surface area contributed by atoms with Gasteiger partial charge in [-0.1, -0.05) is 24.3 Å². The number of ether oxygens (including phenoxy) is 2. The van der Waals surface area contributed by atoms with E-state index < -0.39 is 42.2 Å². The predicted molar refractivity (Wildman–Crippen MR) is 117 cm³/mol. The molecule has 2 unspecified atom stereocenters. The summed E-state index contributed by atoms with van der Waals surface area (Å²) in [5.74, 6) is -0.757. The molecule has 3 N–H and O–H groups in total. The molecule has 0 saturated heterocycles. The first-order valence-electron chi connectivity index (χ1n) is 9.97. The number of carboxylic acid groups (broad SMARTS) is 1. The Kier molecular flexibility index (Phi) is 7.29. The van der Waals surface area contributed by atoms with E-state index in [1.54, 1.807) is 42.5 Å². The fraction of sp³-hybridized carbons (Fsp3) is 0.217. The van der Waals surface area contributed by atoms with Crippen LogP contribution in [0.5, 0.6) is 17.2 Å². The number of aliphatic carboxylic acids is 1. The fourth-order valence-corrected chi connectivity index (χ4v) is 3.17. The maximum absolute atomic E-state index is 12.5. The Morgan fingerprint density at radius 1 is 1.09 bits per heavy atom. The van der Waals surface area contributed by atoms with Crippen molar-refractivity contribution in [2.75, 3.05) is 14.2 Å². The van der Waals surface area contributed by atoms with Crippen molar-refractivity contribution >= 4 is 23.7 Å². The molecule has 0 bridgehead atoms. The van der Waals surface area contributed by atoms with Crippen LogP contribution in [0.2, 0.25) is 0 Å². The maximum atomic E-state index is 12.5. The van der Waals surface area contributed by atoms with Crippen molar-refractivity contribution in [2.45, 2.75) is 18.5 Å². The Morgan fingerprint density at radius 2 is 1.76 bits per heavy atom. The smallest absolute Gasteiger partial charge is 0.316 e. The minimum atomic E-state index is -1.37. The standard InChI is InChI=1S/C23H23N3O7/c1-26-12-11-17(27)21(22(26)30)25-23(31)24-16(13-20(28)29)14-7-9-15(10-8-14)33-19-6-4-3-5-18(19)32-2/h3-12,16,21H,13H2,1-2H3,(H,28,29)(H2,24,25,31). The fourth-order valence-electron chi connectivity index (χ4n) is 3.17. The van der Waals surface area contributed by atoms with Gasteiger partial charge < -0.3 is 30.1 Å². The van der Waals surface area contributed by atoms with Crippen molar-refractivity contribution in [3.63, 3.8) is 0 Å². The summed E-state index contributed by atoms with van der Waals surface area (Å²) in [6.07, 6.45) is 2.08. The van der Waals surface area contributed by atoms with Crippen molar-refractivity contribution < 1.29 is 33.8 Å². The topological polar surface area (TPSA) is 134 Å². The molecule has 0 spiro atoms. The number of hydrogen-bond acceptors (Lipinski definition) is 6. The van der Waals surface area contributed by atoms with Crippen molar-refractivity contribution in [1.82, 2.24) is 15.5 Å². The third-order valence-electron chi connectivity index (χ3n) is 4.88. The van der Waals surface area contributed by atoms with Gasteiger partial charge >= 0.3 is 12.0 Å². The molecule has 33 heavy (non-hydrogen) atoms. The molecular formula is C23H23N3O7. The quantitative estimate of drug-likeness (QED) is 0.522. The van der Waals surface area contributed by atoms with Crippen molar-refractivity contribution in [1.29, 1.82) is 0 Å². The average molecular weight is 453 g/mol. The van der Waals surface area contributed by atoms with Crippen molar-refractivity contribution in [2.24, 2.45) is 0 Å². The molecule has 2 aromatic carbocycles. The first-order chi connectivity index (χ1) is 15.8. The summed E-state index contributed by atoms with van der Waals surface area (Å²) in [6, 6.07) is 10.5. The van der Waals surface area contributed by atoms with Crippen LogP contribution in [0.15, 0.2) is 60.8 Å². The Balaban J connectivity index is 1.71. The predicted octanol–water partition coefficient (Wildman–Crippen LogP) is 2.23. The second-order valence-corrected chi connectivity index (χ2v) is 7.19. The normalized spacial score (nSPS) is 16.2. The molecule has 1 aliphatic rings. The number of carboxylic acids is 1. The number of benzene rings is 2. The largest absolute Gasteiger partial charge is 0.493 e. The van der Waals surface area contributed by atoms with Crippen molar-refractivity contribution in [3.05, 3.63) is 66.4 Å². The van der Waals surface area contributed by atoms with Gasteiger partial charge in [0.05, 0.1) is 19.6 Å². The van der Waals surface area contributed by atoms with Gasteiger partial charge in [0.1, 0.15) is 5.75 Å². The lowest BCUT2D eigenvalue weighted by molar-refractivity contribution is -0.138. The van der Waals surface area contributed by atoms with E-state index in [0.29, 0.717) is 22.8 Å². The van der Waals surface area contributed by atoms with Gasteiger partial charge in [0.15, 0.2) is 23.3 Å². The lowest BCUT2D eigenvalue weighted by atomic mass is 10.0. The van der Waals surface area contributed by atoms with E-state index in [0.717, 1.165) is 0 Å². The number of ketones is 1. The summed E-state index contributed by atoms with van der Waals surface area (Å²) >= 11 is 0. The summed E-state index contributed by atoms with van der Waals surface area (Å²) in [6.45, 7) is 0. The molecule has 1 aliphatic heterocycles. The zero-order chi connectivity index (χ0) is 24.0. The van der Waals surface area contributed by atoms with Crippen LogP contribution < -0.4 is 20.1 Å². The molecule has 0 aliphatic carbocycles. The van der Waals surface area contributed by atoms with Gasteiger partial charge in [-0.3, -0.25) is 14.4 Å². The van der Waals surface area contributed by atoms with Crippen LogP contribution >= 0.6 is 0 Å². The molecule has 172 valence electrons. The Morgan fingerprint density at radius 3 is 2.39 bits per heavy atom. The Hall–Kier alpha value is -4.34. The van der Waals surface area contributed by atoms with Crippen LogP contribution in [0.25, 0.3) is 0 Å². The molecule has 10 heteroatoms. The van der Waals surface area contributed by atoms with Crippen LogP contribution in [0, 0.1) is 0 Å². The summed E-state index contributed by atoms with van der Waals surface area (Å²) in [4.78, 5) is 49.1. The van der Waals surface area contributed by atoms with Gasteiger partial charge in [-0.2, -0.15) is 0 Å². The van der Waals surface area contributed by atoms with E-state index in [-0.39, 0.29) is 0 Å². The molecule has 2 aromatic rings. The van der Waals surface area contributed by atoms with Gasteiger partial charge in [-0.05, 0) is 29.8 Å². The molecule has 0 aromatic heterocycles. The Labute approximate surface area is 189 Å². The SMILES string of the molecule is COc1ccccc1Oc1ccc(C(CC(=O)O)NC(=O)NC2C(=O)C=CN(C)C2=O)cc1. The van der Waals surface area contributed by atoms with Crippen LogP contribution in [-0.2, 0) is 14.4 Å². The molecule has 10 nitrogen and oxygen atoms in total. The number of likely N-dealkylation sites (N-methyl/N-ethyl adjacent to an activating group) is 1. The zero-order valence-electron chi connectivity index (χ0n) is 18.0. The number of nitrogens with one attached hydrogen (secondary N) is 2. The third-order valence-corrected chi connectivity index (χ3v) is 4.88. The van der Waals surface area contributed by atoms with E-state index in [4.69, 9.17) is 9.47 Å². The van der Waals surface area contributed by atoms with Crippen molar-refractivity contribution in [3.8, 4) is 17.2 Å². The summed E-state index contributed by atoms with van der Waals surface area (Å²) < 4.78 is 11.1. The first-order valence-corrected chi connectivity index (χ1v) is 9.97. The van der Waals surface area contributed by atoms with Gasteiger partial charge in [0.25, 0.3) is 5.91 Å². The average Bonchev–Trinajstić information content (AvgIpc) is 2.79. The van der Waals surface area contributed by atoms with E-state index >= 15 is 0 Å². The van der Waals surface area contributed by atoms with Crippen LogP contribution in [0.4, 0.5) is 4.79 Å². The van der Waals surface area contributed by atoms with Crippen LogP contribution in [0.3, 0.4) is 0 Å². The van der Waals surface area contributed by atoms with Gasteiger partial charge in [0.2, 0.25) is 0 Å². The van der Waals surface area contributed by atoms with E-state index in [2.05, 4.69) is 10.6 Å². The molecule has 0 radical (unpaired) electrons. The van der Waals surface area contributed by atoms with E-state index in [1.165, 1.54) is 31.3 Å². The molecule has 3 amide bonds. The molecule has 0 fully saturated rings. The molecule has 3 rings (SSSR count). The number of amides is 3. The van der Waals surface area contributed by atoms with E-state index in [1.807, 2.05) is 6.07 Å². The van der Waals surface area contributed by atoms with Gasteiger partial charge in [-0.25, -0.2) is 4.79 Å². The highest BCUT2D eigenvalue weighted by atomic mass is 16.5. The number of methoxy groups -OCH3 is 1. The highest BCUT2D eigenvalue weighted by Crippen LogP contribution is 2.31. The first kappa shape index (κ1) is 23.3. The molecule has 2 atom stereocenters. The second kappa shape index (κ2) is 10.3. The lowest BCUT2D eigenvalue weighted by Crippen LogP contribution is -2.55. The number of carbonyl (C=O) groups is 4. The monoisotopic (exact) mass is 453 g/mol. The number of nitrogens with zero attached hydrogens (tertiary/aromatic N) is 1. The number of carbonyl (C=O) groups excluding carboxylic acids is 3. The number of rotatable bonds is 8. The van der Waals surface area contributed by atoms with Gasteiger partial charge in [0, 0.05) is 19.3 Å². The number of urea groups is 1. The highest BCUT2D eigenvalue weighted by Gasteiger charge is 2.32. The third kappa shape index (κ3) is 5.88. The highest BCUT2D eigenvalue weighted by molar-refractivity contribution is 6.14. The van der Waals surface area contributed by atoms with E-state index in [9.17, 15) is 24.3 Å². The van der Waals surface area contributed by atoms with Crippen LogP contribution in [-0.4, -0.2) is 53.9 Å². The van der Waals surface area contributed by atoms with Crippen LogP contribution in [0.1, 0.15) is 18.0 Å². The Bertz CT molecular complexity index is 1080. The number of para-hydroxylation sites is 2. The summed E-state index contributed by atoms with van der Waals surface area (Å²) in [5.41, 5.74) is 0.498. The second-order valence-electron chi connectivity index (χ2n) is 7.19. The number of hydrogen-bond donors (Lipinski definition) is 3. The summed E-state index contributed by atoms with van der Waals surface area (Å²) in [7, 11) is 2.99. The summed E-state index contributed by atoms with van der Waals surface area (Å²) in [5, 5.41) is 14.1. The minimum Gasteiger partial charge on any atom is -0.493 e. The minimum absolute atomic E-state index is 0.410.